The number of hydrogen-bond acceptors (Lipinski definition) is 5. The molecule has 0 aliphatic carbocycles. The summed E-state index contributed by atoms with van der Waals surface area (Å²) in [5, 5.41) is 3.28. The van der Waals surface area contributed by atoms with Gasteiger partial charge < -0.3 is 15.8 Å². The van der Waals surface area contributed by atoms with Crippen LogP contribution in [0.15, 0.2) is 6.07 Å². The number of aromatic nitrogens is 2. The number of anilines is 2. The van der Waals surface area contributed by atoms with Crippen LogP contribution >= 0.6 is 0 Å². The number of nitrogen functional groups attached to an aromatic ring is 1. The smallest absolute Gasteiger partial charge is 0.132 e. The van der Waals surface area contributed by atoms with E-state index in [1.54, 1.807) is 6.07 Å². The van der Waals surface area contributed by atoms with Gasteiger partial charge in [0, 0.05) is 25.6 Å². The van der Waals surface area contributed by atoms with Crippen molar-refractivity contribution < 1.29 is 4.74 Å². The van der Waals surface area contributed by atoms with Crippen LogP contribution < -0.4 is 11.1 Å². The van der Waals surface area contributed by atoms with E-state index < -0.39 is 0 Å². The average Bonchev–Trinajstić information content (AvgIpc) is 2.81. The van der Waals surface area contributed by atoms with Crippen LogP contribution in [0, 0.1) is 0 Å². The third-order valence-corrected chi connectivity index (χ3v) is 2.90. The first-order valence-electron chi connectivity index (χ1n) is 6.27. The molecule has 1 aromatic rings. The summed E-state index contributed by atoms with van der Waals surface area (Å²) in [4.78, 5) is 8.51. The van der Waals surface area contributed by atoms with Gasteiger partial charge in [0.15, 0.2) is 0 Å². The zero-order valence-corrected chi connectivity index (χ0v) is 10.3. The number of ether oxygens (including phenoxy) is 1. The van der Waals surface area contributed by atoms with E-state index in [4.69, 9.17) is 10.5 Å². The fourth-order valence-corrected chi connectivity index (χ4v) is 2.00. The van der Waals surface area contributed by atoms with Crippen molar-refractivity contribution in [1.29, 1.82) is 0 Å². The maximum absolute atomic E-state index is 5.71. The summed E-state index contributed by atoms with van der Waals surface area (Å²) in [6.45, 7) is 3.79. The van der Waals surface area contributed by atoms with Crippen LogP contribution in [0.4, 0.5) is 11.6 Å². The molecule has 17 heavy (non-hydrogen) atoms. The lowest BCUT2D eigenvalue weighted by Crippen LogP contribution is -2.14. The molecule has 1 aromatic heterocycles. The maximum atomic E-state index is 5.71. The first-order chi connectivity index (χ1) is 8.28. The molecule has 0 aromatic carbocycles. The molecule has 5 nitrogen and oxygen atoms in total. The lowest BCUT2D eigenvalue weighted by molar-refractivity contribution is 0.107. The Labute approximate surface area is 102 Å². The molecular weight excluding hydrogens is 216 g/mol. The summed E-state index contributed by atoms with van der Waals surface area (Å²) in [6.07, 6.45) is 4.59. The van der Waals surface area contributed by atoms with Gasteiger partial charge in [0.25, 0.3) is 0 Å². The minimum absolute atomic E-state index is 0.410. The Kier molecular flexibility index (Phi) is 4.14. The van der Waals surface area contributed by atoms with E-state index in [0.29, 0.717) is 11.9 Å². The van der Waals surface area contributed by atoms with Gasteiger partial charge in [-0.05, 0) is 19.3 Å². The maximum Gasteiger partial charge on any atom is 0.132 e. The predicted molar refractivity (Wildman–Crippen MR) is 67.9 cm³/mol. The van der Waals surface area contributed by atoms with E-state index in [0.717, 1.165) is 37.6 Å². The lowest BCUT2D eigenvalue weighted by atomic mass is 10.2. The fraction of sp³-hybridized carbons (Fsp3) is 0.667. The Bertz CT molecular complexity index is 364. The van der Waals surface area contributed by atoms with E-state index in [1.807, 2.05) is 6.92 Å². The van der Waals surface area contributed by atoms with Gasteiger partial charge in [-0.25, -0.2) is 9.97 Å². The van der Waals surface area contributed by atoms with Crippen molar-refractivity contribution in [2.45, 2.75) is 38.7 Å². The monoisotopic (exact) mass is 236 g/mol. The van der Waals surface area contributed by atoms with E-state index in [9.17, 15) is 0 Å². The molecule has 2 rings (SSSR count). The van der Waals surface area contributed by atoms with Crippen molar-refractivity contribution in [3.63, 3.8) is 0 Å². The van der Waals surface area contributed by atoms with Crippen LogP contribution in [0.3, 0.4) is 0 Å². The molecule has 2 heterocycles. The minimum atomic E-state index is 0.410. The highest BCUT2D eigenvalue weighted by molar-refractivity contribution is 5.44. The minimum Gasteiger partial charge on any atom is -0.384 e. The standard InChI is InChI=1S/C12H20N4O/c1-2-11-15-10(13)8-12(16-11)14-6-5-9-4-3-7-17-9/h8-9H,2-7H2,1H3,(H3,13,14,15,16). The van der Waals surface area contributed by atoms with E-state index >= 15 is 0 Å². The Morgan fingerprint density at radius 2 is 2.41 bits per heavy atom. The van der Waals surface area contributed by atoms with Crippen molar-refractivity contribution in [1.82, 2.24) is 9.97 Å². The third kappa shape index (κ3) is 3.56. The molecule has 1 aliphatic heterocycles. The van der Waals surface area contributed by atoms with Gasteiger partial charge >= 0.3 is 0 Å². The molecule has 1 saturated heterocycles. The van der Waals surface area contributed by atoms with Crippen molar-refractivity contribution in [2.24, 2.45) is 0 Å². The Morgan fingerprint density at radius 3 is 3.12 bits per heavy atom. The normalized spacial score (nSPS) is 19.5. The molecule has 3 N–H and O–H groups in total. The van der Waals surface area contributed by atoms with Crippen molar-refractivity contribution in [3.05, 3.63) is 11.9 Å². The van der Waals surface area contributed by atoms with Crippen LogP contribution in [-0.4, -0.2) is 29.2 Å². The van der Waals surface area contributed by atoms with Crippen molar-refractivity contribution >= 4 is 11.6 Å². The molecule has 0 bridgehead atoms. The number of hydrogen-bond donors (Lipinski definition) is 2. The summed E-state index contributed by atoms with van der Waals surface area (Å²) in [5.74, 6) is 2.12. The largest absolute Gasteiger partial charge is 0.384 e. The van der Waals surface area contributed by atoms with Crippen molar-refractivity contribution in [3.8, 4) is 0 Å². The molecule has 94 valence electrons. The molecular formula is C12H20N4O. The average molecular weight is 236 g/mol. The van der Waals surface area contributed by atoms with E-state index in [1.165, 1.54) is 12.8 Å². The topological polar surface area (TPSA) is 73.1 Å². The molecule has 0 saturated carbocycles. The predicted octanol–water partition coefficient (Wildman–Crippen LogP) is 1.60. The molecule has 0 amide bonds. The Balaban J connectivity index is 1.83. The number of aryl methyl sites for hydroxylation is 1. The molecule has 5 heteroatoms. The van der Waals surface area contributed by atoms with Gasteiger partial charge in [0.05, 0.1) is 6.10 Å². The Morgan fingerprint density at radius 1 is 1.53 bits per heavy atom. The van der Waals surface area contributed by atoms with Crippen LogP contribution in [0.25, 0.3) is 0 Å². The quantitative estimate of drug-likeness (QED) is 0.812. The van der Waals surface area contributed by atoms with Gasteiger partial charge in [0.1, 0.15) is 17.5 Å². The van der Waals surface area contributed by atoms with E-state index in [-0.39, 0.29) is 0 Å². The first kappa shape index (κ1) is 12.1. The first-order valence-corrected chi connectivity index (χ1v) is 6.27. The number of nitrogens with two attached hydrogens (primary N) is 1. The summed E-state index contributed by atoms with van der Waals surface area (Å²) in [5.41, 5.74) is 5.71. The number of nitrogens with zero attached hydrogens (tertiary/aromatic N) is 2. The fourth-order valence-electron chi connectivity index (χ4n) is 2.00. The van der Waals surface area contributed by atoms with Gasteiger partial charge in [-0.2, -0.15) is 0 Å². The third-order valence-electron chi connectivity index (χ3n) is 2.90. The van der Waals surface area contributed by atoms with Gasteiger partial charge in [-0.3, -0.25) is 0 Å². The van der Waals surface area contributed by atoms with Gasteiger partial charge in [-0.15, -0.1) is 0 Å². The second kappa shape index (κ2) is 5.82. The summed E-state index contributed by atoms with van der Waals surface area (Å²) in [6, 6.07) is 1.77. The SMILES string of the molecule is CCc1nc(N)cc(NCCC2CCCO2)n1. The van der Waals surface area contributed by atoms with Crippen LogP contribution in [-0.2, 0) is 11.2 Å². The molecule has 1 unspecified atom stereocenters. The molecule has 1 fully saturated rings. The highest BCUT2D eigenvalue weighted by Crippen LogP contribution is 2.15. The molecule has 1 atom stereocenters. The van der Waals surface area contributed by atoms with Crippen molar-refractivity contribution in [2.75, 3.05) is 24.2 Å². The zero-order valence-electron chi connectivity index (χ0n) is 10.3. The van der Waals surface area contributed by atoms with E-state index in [2.05, 4.69) is 15.3 Å². The molecule has 0 radical (unpaired) electrons. The summed E-state index contributed by atoms with van der Waals surface area (Å²) >= 11 is 0. The summed E-state index contributed by atoms with van der Waals surface area (Å²) < 4.78 is 5.56. The van der Waals surface area contributed by atoms with Gasteiger partial charge in [0.2, 0.25) is 0 Å². The van der Waals surface area contributed by atoms with Crippen LogP contribution in [0.1, 0.15) is 32.0 Å². The number of rotatable bonds is 5. The highest BCUT2D eigenvalue weighted by Gasteiger charge is 2.14. The van der Waals surface area contributed by atoms with Gasteiger partial charge in [-0.1, -0.05) is 6.92 Å². The highest BCUT2D eigenvalue weighted by atomic mass is 16.5. The second-order valence-corrected chi connectivity index (χ2v) is 4.30. The number of nitrogens with one attached hydrogen (secondary N) is 1. The lowest BCUT2D eigenvalue weighted by Gasteiger charge is -2.11. The molecule has 1 aliphatic rings. The van der Waals surface area contributed by atoms with Crippen LogP contribution in [0.5, 0.6) is 0 Å². The Hall–Kier alpha value is -1.36. The molecule has 0 spiro atoms. The van der Waals surface area contributed by atoms with Crippen LogP contribution in [0.2, 0.25) is 0 Å². The second-order valence-electron chi connectivity index (χ2n) is 4.30. The zero-order chi connectivity index (χ0) is 12.1. The summed E-state index contributed by atoms with van der Waals surface area (Å²) in [7, 11) is 0.